The summed E-state index contributed by atoms with van der Waals surface area (Å²) < 4.78 is 0. The first-order valence-corrected chi connectivity index (χ1v) is 3.29. The van der Waals surface area contributed by atoms with E-state index in [1.165, 1.54) is 16.3 Å². The maximum Gasteiger partial charge on any atom is 0.199 e. The third kappa shape index (κ3) is 1.73. The van der Waals surface area contributed by atoms with Gasteiger partial charge in [0.2, 0.25) is 0 Å². The molecule has 0 bridgehead atoms. The second-order valence-electron chi connectivity index (χ2n) is 2.54. The minimum Gasteiger partial charge on any atom is -1.00 e. The first-order valence-electron chi connectivity index (χ1n) is 3.29. The highest BCUT2D eigenvalue weighted by Crippen LogP contribution is 1.98. The van der Waals surface area contributed by atoms with E-state index in [0.29, 0.717) is 0 Å². The van der Waals surface area contributed by atoms with Gasteiger partial charge in [0.25, 0.3) is 0 Å². The highest BCUT2D eigenvalue weighted by Gasteiger charge is 2.28. The molecular weight excluding hydrogens is 185 g/mol. The van der Waals surface area contributed by atoms with Crippen molar-refractivity contribution < 1.29 is 35.1 Å². The number of hydrogen-bond donors (Lipinski definition) is 2. The van der Waals surface area contributed by atoms with Crippen LogP contribution in [0, 0.1) is 0 Å². The first-order chi connectivity index (χ1) is 4.38. The van der Waals surface area contributed by atoms with Crippen LogP contribution in [0.25, 0.3) is 0 Å². The summed E-state index contributed by atoms with van der Waals surface area (Å²) in [6.07, 6.45) is 1.99. The van der Waals surface area contributed by atoms with E-state index in [4.69, 9.17) is 0 Å². The molecule has 0 saturated heterocycles. The zero-order valence-electron chi connectivity index (χ0n) is 6.27. The molecule has 0 radical (unpaired) electrons. The monoisotopic (exact) mass is 195 g/mol. The van der Waals surface area contributed by atoms with E-state index in [-0.39, 0.29) is 24.8 Å². The van der Waals surface area contributed by atoms with Crippen LogP contribution < -0.4 is 35.1 Å². The molecule has 2 aliphatic rings. The minimum absolute atomic E-state index is 0. The van der Waals surface area contributed by atoms with E-state index in [1.54, 1.807) is 0 Å². The summed E-state index contributed by atoms with van der Waals surface area (Å²) in [6, 6.07) is 0. The van der Waals surface area contributed by atoms with Crippen LogP contribution in [0.1, 0.15) is 0 Å². The molecule has 0 fully saturated rings. The molecule has 2 aliphatic heterocycles. The van der Waals surface area contributed by atoms with Gasteiger partial charge >= 0.3 is 0 Å². The lowest BCUT2D eigenvalue weighted by Crippen LogP contribution is -3.03. The highest BCUT2D eigenvalue weighted by molar-refractivity contribution is 5.80. The molecule has 0 aromatic heterocycles. The van der Waals surface area contributed by atoms with Gasteiger partial charge in [-0.15, -0.1) is 0 Å². The van der Waals surface area contributed by atoms with Crippen molar-refractivity contribution in [1.82, 2.24) is 0 Å². The number of nitrogens with one attached hydrogen (secondary N) is 1. The van der Waals surface area contributed by atoms with Crippen LogP contribution in [-0.2, 0) is 0 Å². The molecule has 1 unspecified atom stereocenters. The van der Waals surface area contributed by atoms with Crippen molar-refractivity contribution in [3.8, 4) is 0 Å². The minimum atomic E-state index is 0. The van der Waals surface area contributed by atoms with Gasteiger partial charge in [-0.2, -0.15) is 5.01 Å². The van der Waals surface area contributed by atoms with E-state index < -0.39 is 0 Å². The SMILES string of the molecule is C[NH+]1N=CC2=C1C[NH2+]C2.[Cl-].[Cl-]. The van der Waals surface area contributed by atoms with Gasteiger partial charge in [0, 0.05) is 0 Å². The Bertz CT molecular complexity index is 200. The molecule has 64 valence electrons. The fourth-order valence-corrected chi connectivity index (χ4v) is 1.39. The Kier molecular flexibility index (Phi) is 4.03. The molecule has 3 N–H and O–H groups in total. The van der Waals surface area contributed by atoms with E-state index in [9.17, 15) is 0 Å². The van der Waals surface area contributed by atoms with Gasteiger partial charge in [0.15, 0.2) is 12.2 Å². The van der Waals surface area contributed by atoms with Gasteiger partial charge in [0.05, 0.1) is 18.8 Å². The van der Waals surface area contributed by atoms with Gasteiger partial charge in [-0.25, -0.2) is 0 Å². The average molecular weight is 196 g/mol. The van der Waals surface area contributed by atoms with Crippen LogP contribution in [0.15, 0.2) is 16.4 Å². The van der Waals surface area contributed by atoms with Crippen molar-refractivity contribution in [3.05, 3.63) is 11.3 Å². The van der Waals surface area contributed by atoms with Crippen molar-refractivity contribution in [3.63, 3.8) is 0 Å². The number of likely N-dealkylation sites (N-methyl/N-ethyl adjacent to an activating group) is 1. The largest absolute Gasteiger partial charge is 1.00 e. The standard InChI is InChI=1S/C6H9N3.2ClH/c1-9-6-4-7-2-5(6)3-8-9;;/h3,7H,2,4H2,1H3;2*1H. The van der Waals surface area contributed by atoms with Crippen LogP contribution >= 0.6 is 0 Å². The maximum absolute atomic E-state index is 4.22. The van der Waals surface area contributed by atoms with Crippen molar-refractivity contribution in [1.29, 1.82) is 0 Å². The van der Waals surface area contributed by atoms with Gasteiger partial charge in [0.1, 0.15) is 6.54 Å². The summed E-state index contributed by atoms with van der Waals surface area (Å²) >= 11 is 0. The van der Waals surface area contributed by atoms with Crippen molar-refractivity contribution in [2.75, 3.05) is 20.1 Å². The third-order valence-corrected chi connectivity index (χ3v) is 1.95. The normalized spacial score (nSPS) is 26.1. The lowest BCUT2D eigenvalue weighted by atomic mass is 10.3. The molecule has 0 aliphatic carbocycles. The van der Waals surface area contributed by atoms with Crippen LogP contribution in [0.3, 0.4) is 0 Å². The molecule has 0 saturated carbocycles. The highest BCUT2D eigenvalue weighted by atomic mass is 35.5. The Hall–Kier alpha value is -0.0900. The van der Waals surface area contributed by atoms with Gasteiger partial charge in [-0.3, -0.25) is 0 Å². The van der Waals surface area contributed by atoms with Crippen molar-refractivity contribution in [2.24, 2.45) is 5.10 Å². The van der Waals surface area contributed by atoms with Crippen LogP contribution in [0.2, 0.25) is 0 Å². The number of nitrogens with two attached hydrogens (primary N) is 1. The maximum atomic E-state index is 4.22. The Labute approximate surface area is 78.3 Å². The first kappa shape index (κ1) is 10.9. The van der Waals surface area contributed by atoms with Crippen LogP contribution in [-0.4, -0.2) is 26.4 Å². The smallest absolute Gasteiger partial charge is 0.199 e. The lowest BCUT2D eigenvalue weighted by molar-refractivity contribution is -0.853. The molecular formula is C6H11Cl2N3. The Morgan fingerprint density at radius 3 is 2.82 bits per heavy atom. The van der Waals surface area contributed by atoms with E-state index >= 15 is 0 Å². The number of quaternary nitrogens is 2. The Balaban J connectivity index is 0.000000500. The topological polar surface area (TPSA) is 33.4 Å². The van der Waals surface area contributed by atoms with Gasteiger partial charge < -0.3 is 30.1 Å². The summed E-state index contributed by atoms with van der Waals surface area (Å²) in [5, 5.41) is 7.74. The Morgan fingerprint density at radius 2 is 2.18 bits per heavy atom. The molecule has 5 heteroatoms. The second kappa shape index (κ2) is 4.07. The fraction of sp³-hybridized carbons (Fsp3) is 0.500. The van der Waals surface area contributed by atoms with E-state index in [0.717, 1.165) is 13.1 Å². The zero-order chi connectivity index (χ0) is 6.27. The average Bonchev–Trinajstić information content (AvgIpc) is 2.35. The summed E-state index contributed by atoms with van der Waals surface area (Å²) in [4.78, 5) is 0. The molecule has 3 nitrogen and oxygen atoms in total. The summed E-state index contributed by atoms with van der Waals surface area (Å²) in [6.45, 7) is 2.28. The molecule has 0 amide bonds. The van der Waals surface area contributed by atoms with Crippen LogP contribution in [0.5, 0.6) is 0 Å². The molecule has 0 aromatic rings. The summed E-state index contributed by atoms with van der Waals surface area (Å²) in [5.41, 5.74) is 2.91. The predicted octanol–water partition coefficient (Wildman–Crippen LogP) is -8.66. The number of halogens is 2. The molecule has 11 heavy (non-hydrogen) atoms. The van der Waals surface area contributed by atoms with E-state index in [1.807, 2.05) is 6.21 Å². The lowest BCUT2D eigenvalue weighted by Gasteiger charge is -1.98. The van der Waals surface area contributed by atoms with Crippen molar-refractivity contribution >= 4 is 6.21 Å². The number of nitrogens with zero attached hydrogens (tertiary/aromatic N) is 1. The summed E-state index contributed by atoms with van der Waals surface area (Å²) in [7, 11) is 2.08. The molecule has 2 heterocycles. The molecule has 0 spiro atoms. The number of hydrogen-bond acceptors (Lipinski definition) is 1. The van der Waals surface area contributed by atoms with E-state index in [2.05, 4.69) is 17.5 Å². The van der Waals surface area contributed by atoms with Gasteiger partial charge in [-0.05, 0) is 0 Å². The van der Waals surface area contributed by atoms with Crippen molar-refractivity contribution in [2.45, 2.75) is 0 Å². The summed E-state index contributed by atoms with van der Waals surface area (Å²) in [5.74, 6) is 0. The fourth-order valence-electron chi connectivity index (χ4n) is 1.39. The molecule has 0 aromatic carbocycles. The molecule has 1 atom stereocenters. The zero-order valence-corrected chi connectivity index (χ0v) is 7.78. The quantitative estimate of drug-likeness (QED) is 0.386. The third-order valence-electron chi connectivity index (χ3n) is 1.95. The predicted molar refractivity (Wildman–Crippen MR) is 34.1 cm³/mol. The van der Waals surface area contributed by atoms with Gasteiger partial charge in [-0.1, -0.05) is 5.10 Å². The number of rotatable bonds is 0. The second-order valence-corrected chi connectivity index (χ2v) is 2.54. The molecule has 2 rings (SSSR count). The van der Waals surface area contributed by atoms with Crippen LogP contribution in [0.4, 0.5) is 0 Å². The Morgan fingerprint density at radius 1 is 1.45 bits per heavy atom.